The van der Waals surface area contributed by atoms with Crippen LogP contribution in [-0.2, 0) is 11.8 Å². The number of rotatable bonds is 9. The van der Waals surface area contributed by atoms with Crippen LogP contribution in [0.3, 0.4) is 0 Å². The number of para-hydroxylation sites is 1. The summed E-state index contributed by atoms with van der Waals surface area (Å²) in [6, 6.07) is 14.1. The number of anilines is 1. The Bertz CT molecular complexity index is 1110. The summed E-state index contributed by atoms with van der Waals surface area (Å²) in [5.41, 5.74) is 1.72. The molecule has 0 aliphatic rings. The maximum absolute atomic E-state index is 12.6. The van der Waals surface area contributed by atoms with E-state index in [2.05, 4.69) is 17.2 Å². The van der Waals surface area contributed by atoms with Crippen molar-refractivity contribution >= 4 is 40.0 Å². The lowest BCUT2D eigenvalue weighted by molar-refractivity contribution is -0.116. The minimum atomic E-state index is -0.130. The molecule has 0 aliphatic carbocycles. The van der Waals surface area contributed by atoms with Crippen molar-refractivity contribution in [2.75, 3.05) is 11.1 Å². The molecule has 0 saturated carbocycles. The number of nitrogens with one attached hydrogen (secondary N) is 1. The first-order valence-corrected chi connectivity index (χ1v) is 11.0. The van der Waals surface area contributed by atoms with E-state index >= 15 is 0 Å². The number of fused-ring (bicyclic) bond motifs is 1. The van der Waals surface area contributed by atoms with Crippen molar-refractivity contribution in [3.63, 3.8) is 0 Å². The van der Waals surface area contributed by atoms with Crippen molar-refractivity contribution in [1.29, 1.82) is 0 Å². The number of aromatic nitrogens is 2. The van der Waals surface area contributed by atoms with E-state index in [0.717, 1.165) is 19.3 Å². The largest absolute Gasteiger partial charge is 0.326 e. The number of hydrogen-bond acceptors (Lipinski definition) is 5. The molecule has 7 heteroatoms. The molecule has 6 nitrogen and oxygen atoms in total. The Morgan fingerprint density at radius 2 is 1.80 bits per heavy atom. The fourth-order valence-corrected chi connectivity index (χ4v) is 3.90. The summed E-state index contributed by atoms with van der Waals surface area (Å²) in [4.78, 5) is 41.4. The van der Waals surface area contributed by atoms with Crippen molar-refractivity contribution in [3.05, 3.63) is 64.4 Å². The first-order valence-electron chi connectivity index (χ1n) is 10.0. The van der Waals surface area contributed by atoms with Crippen molar-refractivity contribution in [3.8, 4) is 0 Å². The van der Waals surface area contributed by atoms with Gasteiger partial charge in [-0.15, -0.1) is 0 Å². The molecule has 0 unspecified atom stereocenters. The molecule has 0 fully saturated rings. The lowest BCUT2D eigenvalue weighted by Crippen LogP contribution is -2.20. The average Bonchev–Trinajstić information content (AvgIpc) is 2.76. The van der Waals surface area contributed by atoms with Crippen molar-refractivity contribution < 1.29 is 9.59 Å². The van der Waals surface area contributed by atoms with Crippen LogP contribution in [0.25, 0.3) is 10.9 Å². The number of amides is 1. The van der Waals surface area contributed by atoms with Crippen LogP contribution in [0.4, 0.5) is 5.69 Å². The number of nitrogens with zero attached hydrogens (tertiary/aromatic N) is 2. The molecule has 0 saturated heterocycles. The Kier molecular flexibility index (Phi) is 7.41. The summed E-state index contributed by atoms with van der Waals surface area (Å²) >= 11 is 1.24. The van der Waals surface area contributed by atoms with E-state index in [0.29, 0.717) is 33.7 Å². The number of thioether (sulfide) groups is 1. The minimum absolute atomic E-state index is 0.0126. The Morgan fingerprint density at radius 3 is 2.53 bits per heavy atom. The molecule has 1 amide bonds. The molecule has 0 atom stereocenters. The second kappa shape index (κ2) is 10.2. The van der Waals surface area contributed by atoms with Gasteiger partial charge in [-0.25, -0.2) is 4.98 Å². The summed E-state index contributed by atoms with van der Waals surface area (Å²) in [7, 11) is 1.66. The Hall–Kier alpha value is -2.93. The van der Waals surface area contributed by atoms with Crippen molar-refractivity contribution in [1.82, 2.24) is 9.55 Å². The quantitative estimate of drug-likeness (QED) is 0.238. The van der Waals surface area contributed by atoms with Crippen LogP contribution in [0.5, 0.6) is 0 Å². The summed E-state index contributed by atoms with van der Waals surface area (Å²) in [5.74, 6) is 0.0889. The van der Waals surface area contributed by atoms with E-state index in [1.165, 1.54) is 16.3 Å². The normalized spacial score (nSPS) is 10.9. The monoisotopic (exact) mass is 423 g/mol. The summed E-state index contributed by atoms with van der Waals surface area (Å²) in [6.45, 7) is 2.10. The van der Waals surface area contributed by atoms with Gasteiger partial charge in [0.25, 0.3) is 5.56 Å². The molecule has 156 valence electrons. The van der Waals surface area contributed by atoms with E-state index in [-0.39, 0.29) is 23.0 Å². The number of ketones is 1. The van der Waals surface area contributed by atoms with Crippen LogP contribution in [0.15, 0.2) is 58.5 Å². The Morgan fingerprint density at radius 1 is 1.07 bits per heavy atom. The van der Waals surface area contributed by atoms with Gasteiger partial charge in [0.05, 0.1) is 16.7 Å². The molecule has 0 aliphatic heterocycles. The SMILES string of the molecule is CCCCCC(=O)Nc1ccc(C(=O)CSc2nc3ccccc3c(=O)n2C)cc1. The highest BCUT2D eigenvalue weighted by atomic mass is 32.2. The van der Waals surface area contributed by atoms with Gasteiger partial charge < -0.3 is 5.32 Å². The number of hydrogen-bond donors (Lipinski definition) is 1. The van der Waals surface area contributed by atoms with Gasteiger partial charge in [0, 0.05) is 24.7 Å². The summed E-state index contributed by atoms with van der Waals surface area (Å²) in [5, 5.41) is 3.91. The summed E-state index contributed by atoms with van der Waals surface area (Å²) < 4.78 is 1.47. The maximum atomic E-state index is 12.6. The molecule has 1 aromatic heterocycles. The number of carbonyl (C=O) groups is 2. The van der Waals surface area contributed by atoms with Crippen LogP contribution in [-0.4, -0.2) is 27.0 Å². The predicted octanol–water partition coefficient (Wildman–Crippen LogP) is 4.43. The van der Waals surface area contributed by atoms with Gasteiger partial charge in [-0.3, -0.25) is 19.0 Å². The highest BCUT2D eigenvalue weighted by Crippen LogP contribution is 2.19. The second-order valence-corrected chi connectivity index (χ2v) is 8.01. The van der Waals surface area contributed by atoms with Crippen LogP contribution < -0.4 is 10.9 Å². The lowest BCUT2D eigenvalue weighted by Gasteiger charge is -2.09. The van der Waals surface area contributed by atoms with Crippen LogP contribution in [0.1, 0.15) is 43.0 Å². The third-order valence-electron chi connectivity index (χ3n) is 4.77. The third-order valence-corrected chi connectivity index (χ3v) is 5.80. The van der Waals surface area contributed by atoms with E-state index < -0.39 is 0 Å². The average molecular weight is 424 g/mol. The van der Waals surface area contributed by atoms with Gasteiger partial charge >= 0.3 is 0 Å². The van der Waals surface area contributed by atoms with Gasteiger partial charge in [-0.2, -0.15) is 0 Å². The van der Waals surface area contributed by atoms with Crippen LogP contribution in [0, 0.1) is 0 Å². The van der Waals surface area contributed by atoms with E-state index in [1.807, 2.05) is 6.07 Å². The van der Waals surface area contributed by atoms with Gasteiger partial charge in [-0.05, 0) is 42.8 Å². The van der Waals surface area contributed by atoms with Crippen molar-refractivity contribution in [2.24, 2.45) is 7.05 Å². The molecular formula is C23H25N3O3S. The Balaban J connectivity index is 1.61. The number of carbonyl (C=O) groups excluding carboxylic acids is 2. The molecule has 1 heterocycles. The maximum Gasteiger partial charge on any atom is 0.261 e. The summed E-state index contributed by atoms with van der Waals surface area (Å²) in [6.07, 6.45) is 3.49. The highest BCUT2D eigenvalue weighted by molar-refractivity contribution is 7.99. The second-order valence-electron chi connectivity index (χ2n) is 7.07. The zero-order valence-electron chi connectivity index (χ0n) is 17.2. The number of Topliss-reactive ketones (excluding diaryl/α,β-unsaturated/α-hetero) is 1. The predicted molar refractivity (Wildman–Crippen MR) is 121 cm³/mol. The fraction of sp³-hybridized carbons (Fsp3) is 0.304. The van der Waals surface area contributed by atoms with Gasteiger partial charge in [-0.1, -0.05) is 43.7 Å². The molecule has 0 radical (unpaired) electrons. The standard InChI is InChI=1S/C23H25N3O3S/c1-3-4-5-10-21(28)24-17-13-11-16(12-14-17)20(27)15-30-23-25-19-9-7-6-8-18(19)22(29)26(23)2/h6-9,11-14H,3-5,10,15H2,1-2H3,(H,24,28). The van der Waals surface area contributed by atoms with Crippen LogP contribution in [0.2, 0.25) is 0 Å². The van der Waals surface area contributed by atoms with Crippen molar-refractivity contribution in [2.45, 2.75) is 37.8 Å². The number of benzene rings is 2. The highest BCUT2D eigenvalue weighted by Gasteiger charge is 2.12. The molecule has 3 rings (SSSR count). The number of unbranched alkanes of at least 4 members (excludes halogenated alkanes) is 2. The fourth-order valence-electron chi connectivity index (χ4n) is 3.04. The van der Waals surface area contributed by atoms with Gasteiger partial charge in [0.2, 0.25) is 5.91 Å². The topological polar surface area (TPSA) is 81.1 Å². The molecule has 3 aromatic rings. The first kappa shape index (κ1) is 21.8. The molecule has 0 spiro atoms. The molecule has 0 bridgehead atoms. The first-order chi connectivity index (χ1) is 14.5. The van der Waals surface area contributed by atoms with E-state index in [9.17, 15) is 14.4 Å². The molecular weight excluding hydrogens is 398 g/mol. The lowest BCUT2D eigenvalue weighted by atomic mass is 10.1. The van der Waals surface area contributed by atoms with Gasteiger partial charge in [0.1, 0.15) is 0 Å². The molecule has 30 heavy (non-hydrogen) atoms. The minimum Gasteiger partial charge on any atom is -0.326 e. The van der Waals surface area contributed by atoms with Gasteiger partial charge in [0.15, 0.2) is 10.9 Å². The Labute approximate surface area is 179 Å². The van der Waals surface area contributed by atoms with E-state index in [1.54, 1.807) is 49.5 Å². The third kappa shape index (κ3) is 5.36. The zero-order valence-corrected chi connectivity index (χ0v) is 18.0. The zero-order chi connectivity index (χ0) is 21.5. The van der Waals surface area contributed by atoms with Crippen LogP contribution >= 0.6 is 11.8 Å². The molecule has 2 aromatic carbocycles. The smallest absolute Gasteiger partial charge is 0.261 e. The molecule has 1 N–H and O–H groups in total. The van der Waals surface area contributed by atoms with E-state index in [4.69, 9.17) is 0 Å².